The maximum Gasteiger partial charge on any atom is 0.252 e. The van der Waals surface area contributed by atoms with E-state index in [2.05, 4.69) is 43.8 Å². The zero-order chi connectivity index (χ0) is 13.8. The number of alkyl halides is 1. The molecule has 0 aliphatic heterocycles. The van der Waals surface area contributed by atoms with Crippen molar-refractivity contribution in [1.82, 2.24) is 5.32 Å². The largest absolute Gasteiger partial charge is 0.352 e. The molecular formula is C14H16BrClINO. The van der Waals surface area contributed by atoms with Crippen molar-refractivity contribution in [3.05, 3.63) is 31.8 Å². The summed E-state index contributed by atoms with van der Waals surface area (Å²) in [5.74, 6) is 1.78. The lowest BCUT2D eigenvalue weighted by atomic mass is 9.98. The van der Waals surface area contributed by atoms with Gasteiger partial charge >= 0.3 is 0 Å². The van der Waals surface area contributed by atoms with E-state index < -0.39 is 0 Å². The highest BCUT2D eigenvalue weighted by atomic mass is 127. The van der Waals surface area contributed by atoms with Gasteiger partial charge in [0.2, 0.25) is 0 Å². The van der Waals surface area contributed by atoms with E-state index in [1.165, 1.54) is 19.3 Å². The number of carbonyl (C=O) groups is 1. The van der Waals surface area contributed by atoms with Crippen molar-refractivity contribution < 1.29 is 4.79 Å². The molecule has 0 aromatic heterocycles. The quantitative estimate of drug-likeness (QED) is 0.527. The number of amides is 1. The summed E-state index contributed by atoms with van der Waals surface area (Å²) in [5.41, 5.74) is 0.701. The molecule has 0 heterocycles. The van der Waals surface area contributed by atoms with E-state index in [-0.39, 0.29) is 5.91 Å². The van der Waals surface area contributed by atoms with Crippen LogP contribution in [0.2, 0.25) is 0 Å². The van der Waals surface area contributed by atoms with E-state index in [0.717, 1.165) is 14.6 Å². The molecule has 1 aromatic carbocycles. The zero-order valence-corrected chi connectivity index (χ0v) is 15.0. The molecule has 1 amide bonds. The fraction of sp³-hybridized carbons (Fsp3) is 0.500. The van der Waals surface area contributed by atoms with Gasteiger partial charge in [-0.15, -0.1) is 11.6 Å². The molecule has 1 saturated carbocycles. The van der Waals surface area contributed by atoms with Crippen LogP contribution in [0.25, 0.3) is 0 Å². The molecule has 1 fully saturated rings. The van der Waals surface area contributed by atoms with Gasteiger partial charge in [-0.25, -0.2) is 0 Å². The van der Waals surface area contributed by atoms with Crippen molar-refractivity contribution in [2.75, 3.05) is 12.4 Å². The maximum atomic E-state index is 12.2. The third-order valence-corrected chi connectivity index (χ3v) is 5.47. The second kappa shape index (κ2) is 7.27. The fourth-order valence-electron chi connectivity index (χ4n) is 2.58. The predicted octanol–water partition coefficient (Wildman–Crippen LogP) is 4.44. The second-order valence-corrected chi connectivity index (χ2v) is 7.35. The van der Waals surface area contributed by atoms with Crippen LogP contribution in [0.4, 0.5) is 0 Å². The smallest absolute Gasteiger partial charge is 0.252 e. The third-order valence-electron chi connectivity index (χ3n) is 3.71. The molecule has 19 heavy (non-hydrogen) atoms. The number of benzene rings is 1. The molecule has 1 aliphatic rings. The van der Waals surface area contributed by atoms with E-state index in [1.807, 2.05) is 18.2 Å². The van der Waals surface area contributed by atoms with Crippen LogP contribution in [0.1, 0.15) is 29.6 Å². The standard InChI is InChI=1S/C14H16BrClINO/c15-13-5-4-11(17)6-12(13)14(19)18-8-10-3-1-2-9(10)7-16/h4-6,9-10H,1-3,7-8H2,(H,18,19). The van der Waals surface area contributed by atoms with E-state index in [1.54, 1.807) is 0 Å². The van der Waals surface area contributed by atoms with Crippen molar-refractivity contribution in [3.8, 4) is 0 Å². The van der Waals surface area contributed by atoms with Gasteiger partial charge in [-0.3, -0.25) is 4.79 Å². The lowest BCUT2D eigenvalue weighted by molar-refractivity contribution is 0.0944. The molecule has 5 heteroatoms. The molecule has 1 aliphatic carbocycles. The highest BCUT2D eigenvalue weighted by Crippen LogP contribution is 2.32. The molecule has 0 saturated heterocycles. The average Bonchev–Trinajstić information content (AvgIpc) is 2.86. The highest BCUT2D eigenvalue weighted by molar-refractivity contribution is 14.1. The molecular weight excluding hydrogens is 440 g/mol. The SMILES string of the molecule is O=C(NCC1CCCC1CCl)c1cc(I)ccc1Br. The molecule has 104 valence electrons. The Hall–Kier alpha value is 0.190. The Balaban J connectivity index is 1.96. The first kappa shape index (κ1) is 15.6. The van der Waals surface area contributed by atoms with Crippen molar-refractivity contribution in [2.45, 2.75) is 19.3 Å². The number of hydrogen-bond donors (Lipinski definition) is 1. The minimum Gasteiger partial charge on any atom is -0.352 e. The third kappa shape index (κ3) is 4.08. The number of carbonyl (C=O) groups excluding carboxylic acids is 1. The molecule has 0 bridgehead atoms. The molecule has 0 spiro atoms. The Morgan fingerprint density at radius 2 is 2.16 bits per heavy atom. The first-order valence-corrected chi connectivity index (χ1v) is 8.81. The fourth-order valence-corrected chi connectivity index (χ4v) is 3.90. The number of nitrogens with one attached hydrogen (secondary N) is 1. The Morgan fingerprint density at radius 1 is 1.42 bits per heavy atom. The van der Waals surface area contributed by atoms with Crippen LogP contribution < -0.4 is 5.32 Å². The van der Waals surface area contributed by atoms with Crippen LogP contribution >= 0.6 is 50.1 Å². The van der Waals surface area contributed by atoms with Crippen molar-refractivity contribution in [1.29, 1.82) is 0 Å². The first-order valence-electron chi connectivity index (χ1n) is 6.41. The molecule has 1 aromatic rings. The molecule has 0 radical (unpaired) electrons. The topological polar surface area (TPSA) is 29.1 Å². The lowest BCUT2D eigenvalue weighted by Crippen LogP contribution is -2.31. The van der Waals surface area contributed by atoms with Crippen LogP contribution in [-0.2, 0) is 0 Å². The maximum absolute atomic E-state index is 12.2. The summed E-state index contributed by atoms with van der Waals surface area (Å²) >= 11 is 11.6. The van der Waals surface area contributed by atoms with Gasteiger partial charge in [0.15, 0.2) is 0 Å². The molecule has 1 N–H and O–H groups in total. The van der Waals surface area contributed by atoms with Gasteiger partial charge < -0.3 is 5.32 Å². The zero-order valence-electron chi connectivity index (χ0n) is 10.5. The van der Waals surface area contributed by atoms with E-state index >= 15 is 0 Å². The number of halogens is 3. The molecule has 2 unspecified atom stereocenters. The summed E-state index contributed by atoms with van der Waals surface area (Å²) in [6, 6.07) is 5.78. The summed E-state index contributed by atoms with van der Waals surface area (Å²) in [7, 11) is 0. The highest BCUT2D eigenvalue weighted by Gasteiger charge is 2.26. The monoisotopic (exact) mass is 455 g/mol. The Bertz CT molecular complexity index is 469. The summed E-state index contributed by atoms with van der Waals surface area (Å²) in [5, 5.41) is 3.04. The summed E-state index contributed by atoms with van der Waals surface area (Å²) in [6.07, 6.45) is 3.59. The Kier molecular flexibility index (Phi) is 5.96. The van der Waals surface area contributed by atoms with E-state index in [4.69, 9.17) is 11.6 Å². The van der Waals surface area contributed by atoms with Crippen LogP contribution in [0.15, 0.2) is 22.7 Å². The summed E-state index contributed by atoms with van der Waals surface area (Å²) in [6.45, 7) is 0.730. The van der Waals surface area contributed by atoms with Crippen LogP contribution in [0.3, 0.4) is 0 Å². The van der Waals surface area contributed by atoms with Gasteiger partial charge in [-0.05, 0) is 81.4 Å². The number of hydrogen-bond acceptors (Lipinski definition) is 1. The number of rotatable bonds is 4. The molecule has 2 atom stereocenters. The van der Waals surface area contributed by atoms with Crippen LogP contribution in [0.5, 0.6) is 0 Å². The second-order valence-electron chi connectivity index (χ2n) is 4.94. The Labute approximate surface area is 140 Å². The minimum atomic E-state index is -0.00869. The van der Waals surface area contributed by atoms with E-state index in [0.29, 0.717) is 23.3 Å². The average molecular weight is 457 g/mol. The van der Waals surface area contributed by atoms with Crippen molar-refractivity contribution in [2.24, 2.45) is 11.8 Å². The predicted molar refractivity (Wildman–Crippen MR) is 90.7 cm³/mol. The molecule has 2 nitrogen and oxygen atoms in total. The normalized spacial score (nSPS) is 22.5. The van der Waals surface area contributed by atoms with E-state index in [9.17, 15) is 4.79 Å². The summed E-state index contributed by atoms with van der Waals surface area (Å²) in [4.78, 5) is 12.2. The lowest BCUT2D eigenvalue weighted by Gasteiger charge is -2.18. The first-order chi connectivity index (χ1) is 9.11. The van der Waals surface area contributed by atoms with Gasteiger partial charge in [0.1, 0.15) is 0 Å². The summed E-state index contributed by atoms with van der Waals surface area (Å²) < 4.78 is 1.90. The van der Waals surface area contributed by atoms with Gasteiger partial charge in [-0.2, -0.15) is 0 Å². The van der Waals surface area contributed by atoms with Crippen molar-refractivity contribution >= 4 is 56.0 Å². The minimum absolute atomic E-state index is 0.00869. The molecule has 2 rings (SSSR count). The van der Waals surface area contributed by atoms with Gasteiger partial charge in [0.05, 0.1) is 5.56 Å². The van der Waals surface area contributed by atoms with Gasteiger partial charge in [-0.1, -0.05) is 6.42 Å². The van der Waals surface area contributed by atoms with Crippen molar-refractivity contribution in [3.63, 3.8) is 0 Å². The van der Waals surface area contributed by atoms with Crippen LogP contribution in [-0.4, -0.2) is 18.3 Å². The Morgan fingerprint density at radius 3 is 2.89 bits per heavy atom. The van der Waals surface area contributed by atoms with Gasteiger partial charge in [0, 0.05) is 20.5 Å². The van der Waals surface area contributed by atoms with Gasteiger partial charge in [0.25, 0.3) is 5.91 Å². The van der Waals surface area contributed by atoms with Crippen LogP contribution in [0, 0.1) is 15.4 Å².